The van der Waals surface area contributed by atoms with Crippen LogP contribution >= 0.6 is 0 Å². The van der Waals surface area contributed by atoms with Crippen molar-refractivity contribution in [3.05, 3.63) is 18.2 Å². The summed E-state index contributed by atoms with van der Waals surface area (Å²) in [6.07, 6.45) is 5.31. The smallest absolute Gasteiger partial charge is 0.256 e. The minimum atomic E-state index is -2.52. The molecular formula is C23H27F2N9O. The summed E-state index contributed by atoms with van der Waals surface area (Å²) in [7, 11) is 1.80. The normalized spacial score (nSPS) is 18.0. The van der Waals surface area contributed by atoms with Gasteiger partial charge in [-0.3, -0.25) is 0 Å². The fourth-order valence-corrected chi connectivity index (χ4v) is 5.20. The molecule has 0 radical (unpaired) electrons. The van der Waals surface area contributed by atoms with Crippen LogP contribution in [0.25, 0.3) is 33.6 Å². The average Bonchev–Trinajstić information content (AvgIpc) is 3.38. The first-order valence-corrected chi connectivity index (χ1v) is 11.8. The zero-order chi connectivity index (χ0) is 24.2. The monoisotopic (exact) mass is 483 g/mol. The topological polar surface area (TPSA) is 118 Å². The van der Waals surface area contributed by atoms with Gasteiger partial charge in [0.1, 0.15) is 17.3 Å². The molecule has 35 heavy (non-hydrogen) atoms. The number of ether oxygens (including phenoxy) is 1. The number of anilines is 2. The van der Waals surface area contributed by atoms with Gasteiger partial charge in [-0.2, -0.15) is 9.97 Å². The van der Waals surface area contributed by atoms with Crippen LogP contribution in [0.5, 0.6) is 0 Å². The highest BCUT2D eigenvalue weighted by Crippen LogP contribution is 2.43. The van der Waals surface area contributed by atoms with E-state index in [9.17, 15) is 8.78 Å². The van der Waals surface area contributed by atoms with Gasteiger partial charge in [0.15, 0.2) is 11.3 Å². The summed E-state index contributed by atoms with van der Waals surface area (Å²) >= 11 is 0. The Labute approximate surface area is 199 Å². The Morgan fingerprint density at radius 2 is 2.00 bits per heavy atom. The van der Waals surface area contributed by atoms with Crippen molar-refractivity contribution in [1.29, 1.82) is 0 Å². The highest BCUT2D eigenvalue weighted by atomic mass is 19.3. The predicted molar refractivity (Wildman–Crippen MR) is 128 cm³/mol. The third-order valence-electron chi connectivity index (χ3n) is 7.21. The fraction of sp³-hybridized carbons (Fsp3) is 0.522. The molecule has 2 aliphatic rings. The molecule has 4 aromatic rings. The Balaban J connectivity index is 1.32. The van der Waals surface area contributed by atoms with Crippen LogP contribution in [0.3, 0.4) is 0 Å². The second-order valence-corrected chi connectivity index (χ2v) is 9.55. The predicted octanol–water partition coefficient (Wildman–Crippen LogP) is 3.75. The minimum Gasteiger partial charge on any atom is -0.380 e. The molecule has 1 aliphatic carbocycles. The fourth-order valence-electron chi connectivity index (χ4n) is 5.20. The second-order valence-electron chi connectivity index (χ2n) is 9.55. The first kappa shape index (κ1) is 22.1. The van der Waals surface area contributed by atoms with E-state index in [1.165, 1.54) is 4.57 Å². The lowest BCUT2D eigenvalue weighted by Gasteiger charge is -2.46. The van der Waals surface area contributed by atoms with Gasteiger partial charge in [-0.1, -0.05) is 0 Å². The van der Waals surface area contributed by atoms with Gasteiger partial charge in [0.05, 0.1) is 37.0 Å². The molecule has 2 fully saturated rings. The number of H-pyrrole nitrogens is 1. The molecule has 12 heteroatoms. The Morgan fingerprint density at radius 3 is 2.69 bits per heavy atom. The maximum atomic E-state index is 13.1. The molecule has 1 spiro atoms. The molecule has 184 valence electrons. The Morgan fingerprint density at radius 1 is 1.20 bits per heavy atom. The molecule has 4 aromatic heterocycles. The van der Waals surface area contributed by atoms with Gasteiger partial charge < -0.3 is 24.9 Å². The molecule has 5 heterocycles. The van der Waals surface area contributed by atoms with E-state index < -0.39 is 13.0 Å². The van der Waals surface area contributed by atoms with Gasteiger partial charge in [0.2, 0.25) is 5.95 Å². The Bertz CT molecular complexity index is 1380. The summed E-state index contributed by atoms with van der Waals surface area (Å²) in [5, 5.41) is 7.42. The van der Waals surface area contributed by atoms with E-state index >= 15 is 0 Å². The number of alkyl halides is 2. The van der Waals surface area contributed by atoms with E-state index in [2.05, 4.69) is 30.6 Å². The van der Waals surface area contributed by atoms with Crippen LogP contribution in [0.2, 0.25) is 0 Å². The molecule has 3 N–H and O–H groups in total. The van der Waals surface area contributed by atoms with Crippen molar-refractivity contribution in [3.63, 3.8) is 0 Å². The number of aryl methyl sites for hydroxylation is 1. The zero-order valence-electron chi connectivity index (χ0n) is 19.6. The van der Waals surface area contributed by atoms with Crippen LogP contribution < -0.4 is 10.6 Å². The Hall–Kier alpha value is -3.41. The molecule has 0 atom stereocenters. The van der Waals surface area contributed by atoms with E-state index in [4.69, 9.17) is 14.7 Å². The van der Waals surface area contributed by atoms with Crippen LogP contribution in [-0.4, -0.2) is 67.2 Å². The van der Waals surface area contributed by atoms with Crippen LogP contribution in [-0.2, 0) is 11.3 Å². The number of hydrogen-bond donors (Lipinski definition) is 3. The van der Waals surface area contributed by atoms with Crippen LogP contribution in [0.1, 0.15) is 31.5 Å². The number of aromatic amines is 1. The molecule has 6 rings (SSSR count). The summed E-state index contributed by atoms with van der Waals surface area (Å²) in [5.74, 6) is 1.66. The summed E-state index contributed by atoms with van der Waals surface area (Å²) < 4.78 is 33.1. The number of nitrogens with zero attached hydrogens (tertiary/aromatic N) is 6. The number of hydrogen-bond acceptors (Lipinski definition) is 8. The molecule has 0 amide bonds. The molecule has 1 aliphatic heterocycles. The third kappa shape index (κ3) is 3.85. The van der Waals surface area contributed by atoms with Crippen molar-refractivity contribution in [2.45, 2.75) is 51.6 Å². The number of rotatable bonds is 6. The first-order valence-electron chi connectivity index (χ1n) is 11.8. The number of aromatic nitrogens is 7. The van der Waals surface area contributed by atoms with Crippen LogP contribution in [0, 0.1) is 12.3 Å². The third-order valence-corrected chi connectivity index (χ3v) is 7.21. The summed E-state index contributed by atoms with van der Waals surface area (Å²) in [6, 6.07) is 0.324. The number of nitrogens with one attached hydrogen (secondary N) is 3. The standard InChI is InChI=1S/C23H27F2N9O/c1-12-29-20-21(34(12)9-16(24)25)31-15(8-28-20)14-7-27-19-17(14)18(26-2)32-22(33-19)30-13-3-5-23(6-4-13)10-35-11-23/h7-8,13,16H,3-6,9-11H2,1-2H3,(H3,26,27,30,32,33). The zero-order valence-corrected chi connectivity index (χ0v) is 19.6. The number of imidazole rings is 1. The quantitative estimate of drug-likeness (QED) is 0.380. The highest BCUT2D eigenvalue weighted by Gasteiger charge is 2.41. The summed E-state index contributed by atoms with van der Waals surface area (Å²) in [4.78, 5) is 25.9. The van der Waals surface area contributed by atoms with Crippen LogP contribution in [0.15, 0.2) is 12.4 Å². The van der Waals surface area contributed by atoms with Gasteiger partial charge in [-0.05, 0) is 32.6 Å². The lowest BCUT2D eigenvalue weighted by Crippen LogP contribution is -2.47. The second kappa shape index (κ2) is 8.36. The molecule has 1 saturated carbocycles. The lowest BCUT2D eigenvalue weighted by molar-refractivity contribution is -0.131. The van der Waals surface area contributed by atoms with Gasteiger partial charge >= 0.3 is 0 Å². The summed E-state index contributed by atoms with van der Waals surface area (Å²) in [5.41, 5.74) is 2.97. The van der Waals surface area contributed by atoms with Crippen molar-refractivity contribution in [3.8, 4) is 11.3 Å². The van der Waals surface area contributed by atoms with Crippen molar-refractivity contribution in [2.75, 3.05) is 30.9 Å². The molecule has 1 saturated heterocycles. The molecular weight excluding hydrogens is 456 g/mol. The van der Waals surface area contributed by atoms with Crippen molar-refractivity contribution in [1.82, 2.24) is 34.5 Å². The number of fused-ring (bicyclic) bond motifs is 2. The van der Waals surface area contributed by atoms with Gasteiger partial charge in [-0.15, -0.1) is 0 Å². The molecule has 10 nitrogen and oxygen atoms in total. The maximum absolute atomic E-state index is 13.1. The average molecular weight is 484 g/mol. The van der Waals surface area contributed by atoms with E-state index in [-0.39, 0.29) is 0 Å². The van der Waals surface area contributed by atoms with Crippen molar-refractivity contribution in [2.24, 2.45) is 5.41 Å². The van der Waals surface area contributed by atoms with Crippen molar-refractivity contribution < 1.29 is 13.5 Å². The van der Waals surface area contributed by atoms with E-state index in [1.54, 1.807) is 26.4 Å². The highest BCUT2D eigenvalue weighted by molar-refractivity contribution is 6.01. The minimum absolute atomic E-state index is 0.324. The molecule has 0 unspecified atom stereocenters. The molecule has 0 aromatic carbocycles. The SMILES string of the molecule is CNc1nc(NC2CCC3(CC2)COC3)nc2[nH]cc(-c3cnc4nc(C)n(CC(F)F)c4n3)c12. The lowest BCUT2D eigenvalue weighted by atomic mass is 9.71. The van der Waals surface area contributed by atoms with Gasteiger partial charge in [0, 0.05) is 30.3 Å². The van der Waals surface area contributed by atoms with Gasteiger partial charge in [0.25, 0.3) is 6.43 Å². The molecule has 0 bridgehead atoms. The van der Waals surface area contributed by atoms with E-state index in [1.807, 2.05) is 0 Å². The largest absolute Gasteiger partial charge is 0.380 e. The maximum Gasteiger partial charge on any atom is 0.256 e. The first-order chi connectivity index (χ1) is 16.9. The summed E-state index contributed by atoms with van der Waals surface area (Å²) in [6.45, 7) is 2.96. The van der Waals surface area contributed by atoms with Crippen molar-refractivity contribution >= 4 is 34.1 Å². The van der Waals surface area contributed by atoms with Crippen LogP contribution in [0.4, 0.5) is 20.5 Å². The Kier molecular flexibility index (Phi) is 5.28. The van der Waals surface area contributed by atoms with Gasteiger partial charge in [-0.25, -0.2) is 23.7 Å². The van der Waals surface area contributed by atoms with E-state index in [0.29, 0.717) is 51.7 Å². The number of halogens is 2. The van der Waals surface area contributed by atoms with E-state index in [0.717, 1.165) is 49.8 Å².